The first-order valence-corrected chi connectivity index (χ1v) is 10.9. The van der Waals surface area contributed by atoms with Gasteiger partial charge < -0.3 is 29.3 Å². The lowest BCUT2D eigenvalue weighted by molar-refractivity contribution is 0.262. The van der Waals surface area contributed by atoms with Crippen molar-refractivity contribution in [1.29, 1.82) is 0 Å². The molecule has 35 heavy (non-hydrogen) atoms. The van der Waals surface area contributed by atoms with Crippen LogP contribution in [0.3, 0.4) is 0 Å². The molecule has 4 aromatic rings. The summed E-state index contributed by atoms with van der Waals surface area (Å²) in [6.45, 7) is 4.12. The Bertz CT molecular complexity index is 1320. The predicted octanol–water partition coefficient (Wildman–Crippen LogP) is 6.30. The summed E-state index contributed by atoms with van der Waals surface area (Å²) in [6, 6.07) is 16.4. The molecular formula is C27H27N3O5. The van der Waals surface area contributed by atoms with E-state index < -0.39 is 6.03 Å². The number of benzene rings is 3. The zero-order valence-corrected chi connectivity index (χ0v) is 20.3. The van der Waals surface area contributed by atoms with Crippen LogP contribution in [0.2, 0.25) is 0 Å². The van der Waals surface area contributed by atoms with Gasteiger partial charge in [-0.3, -0.25) is 0 Å². The highest BCUT2D eigenvalue weighted by Gasteiger charge is 2.15. The van der Waals surface area contributed by atoms with Gasteiger partial charge in [0.15, 0.2) is 11.5 Å². The van der Waals surface area contributed by atoms with Crippen molar-refractivity contribution in [2.24, 2.45) is 0 Å². The summed E-state index contributed by atoms with van der Waals surface area (Å²) in [5.74, 6) is 1.84. The topological polar surface area (TPSA) is 94.9 Å². The van der Waals surface area contributed by atoms with Gasteiger partial charge in [0.1, 0.15) is 12.0 Å². The Morgan fingerprint density at radius 1 is 0.829 bits per heavy atom. The number of hydrogen-bond donors (Lipinski definition) is 2. The Morgan fingerprint density at radius 3 is 2.09 bits per heavy atom. The largest absolute Gasteiger partial charge is 0.493 e. The molecule has 1 heterocycles. The van der Waals surface area contributed by atoms with Crippen LogP contribution in [0.25, 0.3) is 22.7 Å². The number of hydrogen-bond acceptors (Lipinski definition) is 6. The van der Waals surface area contributed by atoms with E-state index in [1.807, 2.05) is 18.2 Å². The minimum absolute atomic E-state index is 0.416. The maximum Gasteiger partial charge on any atom is 0.323 e. The van der Waals surface area contributed by atoms with Gasteiger partial charge in [-0.2, -0.15) is 0 Å². The molecule has 8 heteroatoms. The average Bonchev–Trinajstić information content (AvgIpc) is 3.33. The van der Waals surface area contributed by atoms with Crippen LogP contribution < -0.4 is 24.8 Å². The quantitative estimate of drug-likeness (QED) is 0.327. The Labute approximate surface area is 203 Å². The lowest BCUT2D eigenvalue weighted by atomic mass is 10.0. The molecule has 0 atom stereocenters. The molecule has 180 valence electrons. The van der Waals surface area contributed by atoms with Crippen molar-refractivity contribution in [1.82, 2.24) is 4.98 Å². The summed E-state index contributed by atoms with van der Waals surface area (Å²) in [7, 11) is 4.55. The number of methoxy groups -OCH3 is 3. The minimum atomic E-state index is -0.416. The van der Waals surface area contributed by atoms with E-state index >= 15 is 0 Å². The molecule has 8 nitrogen and oxygen atoms in total. The Hall–Kier alpha value is -4.46. The number of rotatable bonds is 7. The zero-order valence-electron chi connectivity index (χ0n) is 20.3. The smallest absolute Gasteiger partial charge is 0.323 e. The molecule has 4 rings (SSSR count). The number of ether oxygens (including phenoxy) is 3. The molecule has 2 amide bonds. The number of nitrogens with one attached hydrogen (secondary N) is 2. The van der Waals surface area contributed by atoms with E-state index in [9.17, 15) is 4.79 Å². The number of aryl methyl sites for hydroxylation is 2. The van der Waals surface area contributed by atoms with E-state index in [1.54, 1.807) is 30.5 Å². The van der Waals surface area contributed by atoms with Crippen molar-refractivity contribution in [3.05, 3.63) is 72.0 Å². The van der Waals surface area contributed by atoms with Gasteiger partial charge in [-0.15, -0.1) is 0 Å². The summed E-state index contributed by atoms with van der Waals surface area (Å²) in [6.07, 6.45) is 1.66. The molecule has 0 radical (unpaired) electrons. The third-order valence-electron chi connectivity index (χ3n) is 5.47. The zero-order chi connectivity index (χ0) is 24.9. The number of aromatic nitrogens is 1. The minimum Gasteiger partial charge on any atom is -0.493 e. The number of carbonyl (C=O) groups excluding carboxylic acids is 1. The SMILES string of the molecule is COc1cc(NC(=O)Nc2ccc(-c3nc(-c4ccc(C)cc4C)co3)cc2)cc(OC)c1OC. The van der Waals surface area contributed by atoms with Crippen molar-refractivity contribution in [3.8, 4) is 40.0 Å². The molecule has 0 unspecified atom stereocenters. The second kappa shape index (κ2) is 10.2. The fourth-order valence-electron chi connectivity index (χ4n) is 3.77. The number of amides is 2. The van der Waals surface area contributed by atoms with E-state index in [2.05, 4.69) is 41.6 Å². The number of carbonyl (C=O) groups is 1. The molecule has 0 bridgehead atoms. The van der Waals surface area contributed by atoms with Crippen LogP contribution in [0.15, 0.2) is 65.3 Å². The van der Waals surface area contributed by atoms with Gasteiger partial charge in [-0.1, -0.05) is 23.8 Å². The fourth-order valence-corrected chi connectivity index (χ4v) is 3.77. The van der Waals surface area contributed by atoms with E-state index in [0.29, 0.717) is 34.5 Å². The van der Waals surface area contributed by atoms with Crippen LogP contribution in [0, 0.1) is 13.8 Å². The molecule has 0 aliphatic carbocycles. The Kier molecular flexibility index (Phi) is 6.91. The third kappa shape index (κ3) is 5.22. The molecule has 2 N–H and O–H groups in total. The summed E-state index contributed by atoms with van der Waals surface area (Å²) < 4.78 is 21.7. The monoisotopic (exact) mass is 473 g/mol. The van der Waals surface area contributed by atoms with Crippen molar-refractivity contribution in [3.63, 3.8) is 0 Å². The molecular weight excluding hydrogens is 446 g/mol. The van der Waals surface area contributed by atoms with Gasteiger partial charge in [0.25, 0.3) is 0 Å². The molecule has 0 saturated carbocycles. The van der Waals surface area contributed by atoms with Crippen LogP contribution in [0.1, 0.15) is 11.1 Å². The van der Waals surface area contributed by atoms with Gasteiger partial charge in [0.2, 0.25) is 11.6 Å². The van der Waals surface area contributed by atoms with Gasteiger partial charge >= 0.3 is 6.03 Å². The van der Waals surface area contributed by atoms with Gasteiger partial charge in [0, 0.05) is 28.9 Å². The van der Waals surface area contributed by atoms with Crippen LogP contribution >= 0.6 is 0 Å². The summed E-state index contributed by atoms with van der Waals surface area (Å²) in [5.41, 5.74) is 6.07. The average molecular weight is 474 g/mol. The predicted molar refractivity (Wildman–Crippen MR) is 136 cm³/mol. The lowest BCUT2D eigenvalue weighted by Crippen LogP contribution is -2.19. The molecule has 0 spiro atoms. The van der Waals surface area contributed by atoms with Crippen LogP contribution in [0.5, 0.6) is 17.2 Å². The first-order chi connectivity index (χ1) is 16.9. The molecule has 0 aliphatic heterocycles. The first kappa shape index (κ1) is 23.7. The molecule has 1 aromatic heterocycles. The molecule has 0 saturated heterocycles. The van der Waals surface area contributed by atoms with Crippen LogP contribution in [0.4, 0.5) is 16.2 Å². The summed E-state index contributed by atoms with van der Waals surface area (Å²) >= 11 is 0. The van der Waals surface area contributed by atoms with Gasteiger partial charge in [-0.25, -0.2) is 9.78 Å². The van der Waals surface area contributed by atoms with Crippen LogP contribution in [-0.2, 0) is 0 Å². The van der Waals surface area contributed by atoms with Crippen molar-refractivity contribution in [2.45, 2.75) is 13.8 Å². The second-order valence-corrected chi connectivity index (χ2v) is 7.93. The summed E-state index contributed by atoms with van der Waals surface area (Å²) in [5, 5.41) is 5.57. The van der Waals surface area contributed by atoms with E-state index in [-0.39, 0.29) is 0 Å². The van der Waals surface area contributed by atoms with Crippen molar-refractivity contribution < 1.29 is 23.4 Å². The number of urea groups is 1. The lowest BCUT2D eigenvalue weighted by Gasteiger charge is -2.15. The van der Waals surface area contributed by atoms with E-state index in [0.717, 1.165) is 22.4 Å². The van der Waals surface area contributed by atoms with E-state index in [1.165, 1.54) is 26.9 Å². The van der Waals surface area contributed by atoms with Crippen molar-refractivity contribution >= 4 is 17.4 Å². The maximum atomic E-state index is 12.5. The highest BCUT2D eigenvalue weighted by atomic mass is 16.5. The van der Waals surface area contributed by atoms with Crippen LogP contribution in [-0.4, -0.2) is 32.3 Å². The second-order valence-electron chi connectivity index (χ2n) is 7.93. The van der Waals surface area contributed by atoms with E-state index in [4.69, 9.17) is 18.6 Å². The van der Waals surface area contributed by atoms with Crippen molar-refractivity contribution in [2.75, 3.05) is 32.0 Å². The maximum absolute atomic E-state index is 12.5. The highest BCUT2D eigenvalue weighted by molar-refractivity contribution is 6.00. The number of oxazole rings is 1. The highest BCUT2D eigenvalue weighted by Crippen LogP contribution is 2.40. The van der Waals surface area contributed by atoms with Gasteiger partial charge in [0.05, 0.1) is 27.0 Å². The standard InChI is InChI=1S/C27H27N3O5/c1-16-6-11-21(17(2)12-16)22-15-35-26(30-22)18-7-9-19(10-8-18)28-27(31)29-20-13-23(32-3)25(34-5)24(14-20)33-4/h6-15H,1-5H3,(H2,28,29,31). The molecule has 0 fully saturated rings. The Balaban J connectivity index is 1.45. The molecule has 0 aliphatic rings. The fraction of sp³-hybridized carbons (Fsp3) is 0.185. The Morgan fingerprint density at radius 2 is 1.49 bits per heavy atom. The normalized spacial score (nSPS) is 10.5. The number of anilines is 2. The first-order valence-electron chi connectivity index (χ1n) is 10.9. The van der Waals surface area contributed by atoms with Gasteiger partial charge in [-0.05, 0) is 43.7 Å². The third-order valence-corrected chi connectivity index (χ3v) is 5.47. The summed E-state index contributed by atoms with van der Waals surface area (Å²) in [4.78, 5) is 17.2. The number of nitrogens with zero attached hydrogens (tertiary/aromatic N) is 1. The molecule has 3 aromatic carbocycles.